The lowest BCUT2D eigenvalue weighted by Crippen LogP contribution is -2.38. The first-order valence-electron chi connectivity index (χ1n) is 14.2. The number of rotatable bonds is 19. The van der Waals surface area contributed by atoms with Gasteiger partial charge < -0.3 is 44.6 Å². The van der Waals surface area contributed by atoms with E-state index >= 15 is 0 Å². The standard InChI is InChI=1S/C29H51N3O8/c1-6-7-8-9-16-32(17-14-24(34)19-25(35)21-38-22-33)18-15-30-27(36)39-26-12-10-23(11-13-26)20-31(5)28(37)40-29(2,3)4/h10-13,24-25,33-35H,6-9,14-22H2,1-5H3,(H,30,36). The Balaban J connectivity index is 2.48. The second-order valence-corrected chi connectivity index (χ2v) is 11.0. The highest BCUT2D eigenvalue weighted by atomic mass is 16.6. The molecule has 0 fully saturated rings. The number of ether oxygens (including phenoxy) is 3. The van der Waals surface area contributed by atoms with Crippen molar-refractivity contribution in [1.82, 2.24) is 15.1 Å². The third-order valence-corrected chi connectivity index (χ3v) is 6.01. The third kappa shape index (κ3) is 17.3. The number of nitrogens with zero attached hydrogens (tertiary/aromatic N) is 2. The molecule has 4 N–H and O–H groups in total. The predicted octanol–water partition coefficient (Wildman–Crippen LogP) is 3.49. The molecule has 0 aliphatic carbocycles. The molecule has 1 rings (SSSR count). The molecule has 0 heterocycles. The van der Waals surface area contributed by atoms with Crippen LogP contribution in [0.5, 0.6) is 5.75 Å². The maximum atomic E-state index is 12.3. The van der Waals surface area contributed by atoms with E-state index in [4.69, 9.17) is 19.3 Å². The summed E-state index contributed by atoms with van der Waals surface area (Å²) in [7, 11) is 1.66. The van der Waals surface area contributed by atoms with Gasteiger partial charge in [-0.05, 0) is 57.9 Å². The molecule has 0 aromatic heterocycles. The topological polar surface area (TPSA) is 141 Å². The summed E-state index contributed by atoms with van der Waals surface area (Å²) in [6.45, 7) is 9.93. The fourth-order valence-corrected chi connectivity index (χ4v) is 3.92. The zero-order chi connectivity index (χ0) is 30.0. The van der Waals surface area contributed by atoms with Gasteiger partial charge in [0.2, 0.25) is 0 Å². The Morgan fingerprint density at radius 1 is 1.00 bits per heavy atom. The lowest BCUT2D eigenvalue weighted by atomic mass is 10.1. The van der Waals surface area contributed by atoms with Gasteiger partial charge in [-0.25, -0.2) is 9.59 Å². The van der Waals surface area contributed by atoms with Gasteiger partial charge in [0.1, 0.15) is 18.1 Å². The molecule has 2 amide bonds. The van der Waals surface area contributed by atoms with Crippen molar-refractivity contribution in [2.75, 3.05) is 46.6 Å². The summed E-state index contributed by atoms with van der Waals surface area (Å²) >= 11 is 0. The van der Waals surface area contributed by atoms with Crippen molar-refractivity contribution in [1.29, 1.82) is 0 Å². The van der Waals surface area contributed by atoms with Gasteiger partial charge in [0.25, 0.3) is 0 Å². The lowest BCUT2D eigenvalue weighted by Gasteiger charge is -2.24. The van der Waals surface area contributed by atoms with Crippen LogP contribution in [0.4, 0.5) is 9.59 Å². The van der Waals surface area contributed by atoms with Crippen LogP contribution in [0.1, 0.15) is 71.8 Å². The number of carbonyl (C=O) groups excluding carboxylic acids is 2. The summed E-state index contributed by atoms with van der Waals surface area (Å²) in [5.41, 5.74) is 0.305. The molecule has 0 spiro atoms. The first kappa shape index (κ1) is 35.6. The van der Waals surface area contributed by atoms with Gasteiger partial charge >= 0.3 is 12.2 Å². The van der Waals surface area contributed by atoms with Crippen molar-refractivity contribution in [3.05, 3.63) is 29.8 Å². The molecule has 1 aromatic carbocycles. The highest BCUT2D eigenvalue weighted by Gasteiger charge is 2.20. The van der Waals surface area contributed by atoms with E-state index in [0.29, 0.717) is 38.3 Å². The molecule has 0 radical (unpaired) electrons. The van der Waals surface area contributed by atoms with Crippen molar-refractivity contribution in [2.45, 2.75) is 90.6 Å². The lowest BCUT2D eigenvalue weighted by molar-refractivity contribution is -0.0530. The number of aliphatic hydroxyl groups excluding tert-OH is 3. The minimum Gasteiger partial charge on any atom is -0.444 e. The number of nitrogens with one attached hydrogen (secondary N) is 1. The van der Waals surface area contributed by atoms with Gasteiger partial charge in [-0.3, -0.25) is 0 Å². The van der Waals surface area contributed by atoms with E-state index in [9.17, 15) is 19.8 Å². The van der Waals surface area contributed by atoms with Crippen molar-refractivity contribution in [3.8, 4) is 5.75 Å². The van der Waals surface area contributed by atoms with Gasteiger partial charge in [-0.1, -0.05) is 38.3 Å². The second-order valence-electron chi connectivity index (χ2n) is 11.0. The van der Waals surface area contributed by atoms with E-state index < -0.39 is 36.8 Å². The van der Waals surface area contributed by atoms with Gasteiger partial charge in [0, 0.05) is 39.6 Å². The fourth-order valence-electron chi connectivity index (χ4n) is 3.92. The molecular weight excluding hydrogens is 518 g/mol. The predicted molar refractivity (Wildman–Crippen MR) is 153 cm³/mol. The van der Waals surface area contributed by atoms with E-state index in [1.54, 1.807) is 31.3 Å². The van der Waals surface area contributed by atoms with Gasteiger partial charge in [0.05, 0.1) is 18.8 Å². The molecule has 2 atom stereocenters. The highest BCUT2D eigenvalue weighted by molar-refractivity contribution is 5.70. The number of aliphatic hydroxyl groups is 3. The molecule has 11 nitrogen and oxygen atoms in total. The van der Waals surface area contributed by atoms with Crippen LogP contribution in [-0.4, -0.2) is 102 Å². The Kier molecular flexibility index (Phi) is 17.4. The first-order valence-corrected chi connectivity index (χ1v) is 14.2. The number of hydrogen-bond donors (Lipinski definition) is 4. The molecule has 230 valence electrons. The summed E-state index contributed by atoms with van der Waals surface area (Å²) in [6, 6.07) is 6.94. The quantitative estimate of drug-likeness (QED) is 0.146. The first-order chi connectivity index (χ1) is 18.9. The average Bonchev–Trinajstić information content (AvgIpc) is 2.88. The van der Waals surface area contributed by atoms with E-state index in [-0.39, 0.29) is 13.0 Å². The Morgan fingerprint density at radius 3 is 2.33 bits per heavy atom. The van der Waals surface area contributed by atoms with Gasteiger partial charge in [-0.2, -0.15) is 0 Å². The van der Waals surface area contributed by atoms with Crippen molar-refractivity contribution >= 4 is 12.2 Å². The minimum atomic E-state index is -0.837. The van der Waals surface area contributed by atoms with Crippen molar-refractivity contribution in [3.63, 3.8) is 0 Å². The maximum Gasteiger partial charge on any atom is 0.412 e. The molecule has 0 saturated carbocycles. The molecular formula is C29H51N3O8. The maximum absolute atomic E-state index is 12.3. The highest BCUT2D eigenvalue weighted by Crippen LogP contribution is 2.15. The molecule has 0 aliphatic heterocycles. The molecule has 0 bridgehead atoms. The van der Waals surface area contributed by atoms with Crippen molar-refractivity contribution in [2.24, 2.45) is 0 Å². The molecule has 11 heteroatoms. The van der Waals surface area contributed by atoms with Crippen LogP contribution in [0.15, 0.2) is 24.3 Å². The minimum absolute atomic E-state index is 0.0216. The van der Waals surface area contributed by atoms with Crippen LogP contribution < -0.4 is 10.1 Å². The molecule has 0 saturated heterocycles. The molecule has 0 aliphatic rings. The van der Waals surface area contributed by atoms with E-state index in [1.807, 2.05) is 20.8 Å². The van der Waals surface area contributed by atoms with Crippen LogP contribution >= 0.6 is 0 Å². The second kappa shape index (κ2) is 19.6. The zero-order valence-electron chi connectivity index (χ0n) is 24.9. The van der Waals surface area contributed by atoms with Crippen LogP contribution in [0.3, 0.4) is 0 Å². The number of benzene rings is 1. The summed E-state index contributed by atoms with van der Waals surface area (Å²) in [5.74, 6) is 0.393. The number of unbranched alkanes of at least 4 members (excludes halogenated alkanes) is 3. The molecule has 2 unspecified atom stereocenters. The molecule has 1 aromatic rings. The monoisotopic (exact) mass is 569 g/mol. The Labute approximate surface area is 239 Å². The van der Waals surface area contributed by atoms with Gasteiger partial charge in [0.15, 0.2) is 0 Å². The normalized spacial score (nSPS) is 13.1. The number of amides is 2. The van der Waals surface area contributed by atoms with E-state index in [2.05, 4.69) is 17.1 Å². The largest absolute Gasteiger partial charge is 0.444 e. The Bertz CT molecular complexity index is 832. The summed E-state index contributed by atoms with van der Waals surface area (Å²) in [6.07, 6.45) is 2.59. The van der Waals surface area contributed by atoms with Crippen LogP contribution in [0, 0.1) is 0 Å². The smallest absolute Gasteiger partial charge is 0.412 e. The van der Waals surface area contributed by atoms with E-state index in [0.717, 1.165) is 37.8 Å². The number of carbonyl (C=O) groups is 2. The Morgan fingerprint density at radius 2 is 1.70 bits per heavy atom. The van der Waals surface area contributed by atoms with Crippen LogP contribution in [-0.2, 0) is 16.0 Å². The SMILES string of the molecule is CCCCCCN(CCNC(=O)Oc1ccc(CN(C)C(=O)OC(C)(C)C)cc1)CCC(O)CC(O)COCO. The fraction of sp³-hybridized carbons (Fsp3) is 0.724. The third-order valence-electron chi connectivity index (χ3n) is 6.01. The summed E-state index contributed by atoms with van der Waals surface area (Å²) in [4.78, 5) is 28.2. The van der Waals surface area contributed by atoms with Crippen molar-refractivity contribution < 1.29 is 39.1 Å². The zero-order valence-corrected chi connectivity index (χ0v) is 24.9. The average molecular weight is 570 g/mol. The molecule has 40 heavy (non-hydrogen) atoms. The number of hydrogen-bond acceptors (Lipinski definition) is 9. The van der Waals surface area contributed by atoms with E-state index in [1.165, 1.54) is 4.90 Å². The summed E-state index contributed by atoms with van der Waals surface area (Å²) in [5, 5.41) is 31.6. The summed E-state index contributed by atoms with van der Waals surface area (Å²) < 4.78 is 15.5. The van der Waals surface area contributed by atoms with Gasteiger partial charge in [-0.15, -0.1) is 0 Å². The van der Waals surface area contributed by atoms with Crippen LogP contribution in [0.25, 0.3) is 0 Å². The Hall–Kier alpha value is -2.44. The van der Waals surface area contributed by atoms with Crippen LogP contribution in [0.2, 0.25) is 0 Å².